The average Bonchev–Trinajstić information content (AvgIpc) is 2.94. The van der Waals surface area contributed by atoms with Gasteiger partial charge in [0.1, 0.15) is 5.60 Å². The fourth-order valence-corrected chi connectivity index (χ4v) is 5.22. The van der Waals surface area contributed by atoms with Gasteiger partial charge in [0.05, 0.1) is 0 Å². The van der Waals surface area contributed by atoms with Gasteiger partial charge < -0.3 is 14.2 Å². The van der Waals surface area contributed by atoms with E-state index in [0.717, 1.165) is 71.2 Å². The van der Waals surface area contributed by atoms with Crippen molar-refractivity contribution < 1.29 is 14.2 Å². The Morgan fingerprint density at radius 2 is 0.921 bits per heavy atom. The third-order valence-corrected chi connectivity index (χ3v) is 7.49. The standard InChI is InChI=1S/C31H64O3.C4H8/c1-7-13-15-17-19-20-22-24-29-32-30(25-9-3,26-23-21-18-16-14-8-2)31(12-6,33-27-10-4)34-28-11-5;1-3-4-2/h7-29H2,1-6H3;3H,1,4H2,2H3. The smallest absolute Gasteiger partial charge is 0.197 e. The first-order valence-corrected chi connectivity index (χ1v) is 17.1. The predicted molar refractivity (Wildman–Crippen MR) is 170 cm³/mol. The lowest BCUT2D eigenvalue weighted by molar-refractivity contribution is -0.338. The number of hydrogen-bond donors (Lipinski definition) is 0. The lowest BCUT2D eigenvalue weighted by atomic mass is 9.80. The molecular weight excluding hydrogens is 468 g/mol. The molecule has 230 valence electrons. The Morgan fingerprint density at radius 1 is 0.474 bits per heavy atom. The van der Waals surface area contributed by atoms with Gasteiger partial charge in [-0.2, -0.15) is 0 Å². The van der Waals surface area contributed by atoms with Crippen LogP contribution in [0, 0.1) is 0 Å². The molecule has 0 bridgehead atoms. The molecule has 0 aromatic rings. The highest BCUT2D eigenvalue weighted by molar-refractivity contribution is 4.96. The van der Waals surface area contributed by atoms with Crippen molar-refractivity contribution in [2.45, 2.75) is 195 Å². The van der Waals surface area contributed by atoms with Gasteiger partial charge in [0.15, 0.2) is 5.79 Å². The SMILES string of the molecule is C=CCC.CCCCCCCCCCOC(CCC)(CCCCCCCC)C(CC)(OCCC)OCCC. The van der Waals surface area contributed by atoms with Crippen molar-refractivity contribution in [1.82, 2.24) is 0 Å². The van der Waals surface area contributed by atoms with Crippen LogP contribution in [0.3, 0.4) is 0 Å². The van der Waals surface area contributed by atoms with E-state index >= 15 is 0 Å². The third-order valence-electron chi connectivity index (χ3n) is 7.49. The molecule has 0 amide bonds. The molecule has 0 aliphatic carbocycles. The Kier molecular flexibility index (Phi) is 31.0. The van der Waals surface area contributed by atoms with Crippen LogP contribution in [-0.2, 0) is 14.2 Å². The molecule has 0 saturated heterocycles. The number of unbranched alkanes of at least 4 members (excludes halogenated alkanes) is 12. The second-order valence-corrected chi connectivity index (χ2v) is 11.1. The summed E-state index contributed by atoms with van der Waals surface area (Å²) in [4.78, 5) is 0. The molecule has 0 aromatic carbocycles. The van der Waals surface area contributed by atoms with Crippen molar-refractivity contribution in [1.29, 1.82) is 0 Å². The Labute approximate surface area is 241 Å². The van der Waals surface area contributed by atoms with E-state index in [1.54, 1.807) is 0 Å². The second-order valence-electron chi connectivity index (χ2n) is 11.1. The van der Waals surface area contributed by atoms with Crippen LogP contribution in [0.2, 0.25) is 0 Å². The van der Waals surface area contributed by atoms with Crippen LogP contribution < -0.4 is 0 Å². The first-order valence-electron chi connectivity index (χ1n) is 17.1. The van der Waals surface area contributed by atoms with Crippen LogP contribution in [-0.4, -0.2) is 31.2 Å². The summed E-state index contributed by atoms with van der Waals surface area (Å²) in [6.07, 6.45) is 27.4. The van der Waals surface area contributed by atoms with Gasteiger partial charge in [-0.1, -0.05) is 144 Å². The summed E-state index contributed by atoms with van der Waals surface area (Å²) in [7, 11) is 0. The zero-order chi connectivity index (χ0) is 28.8. The number of ether oxygens (including phenoxy) is 3. The fourth-order valence-electron chi connectivity index (χ4n) is 5.22. The summed E-state index contributed by atoms with van der Waals surface area (Å²) < 4.78 is 20.2. The van der Waals surface area contributed by atoms with Crippen LogP contribution in [0.25, 0.3) is 0 Å². The highest BCUT2D eigenvalue weighted by Gasteiger charge is 2.52. The molecule has 3 heteroatoms. The minimum absolute atomic E-state index is 0.341. The molecule has 0 rings (SSSR count). The minimum Gasteiger partial charge on any atom is -0.369 e. The van der Waals surface area contributed by atoms with Crippen LogP contribution in [0.1, 0.15) is 183 Å². The van der Waals surface area contributed by atoms with Gasteiger partial charge >= 0.3 is 0 Å². The van der Waals surface area contributed by atoms with Crippen molar-refractivity contribution >= 4 is 0 Å². The van der Waals surface area contributed by atoms with E-state index in [4.69, 9.17) is 14.2 Å². The van der Waals surface area contributed by atoms with Crippen molar-refractivity contribution in [3.8, 4) is 0 Å². The van der Waals surface area contributed by atoms with E-state index in [0.29, 0.717) is 0 Å². The van der Waals surface area contributed by atoms with Gasteiger partial charge in [0, 0.05) is 26.2 Å². The van der Waals surface area contributed by atoms with E-state index < -0.39 is 5.79 Å². The Bertz CT molecular complexity index is 456. The Hall–Kier alpha value is -0.380. The molecular formula is C35H72O3. The Balaban J connectivity index is 0. The topological polar surface area (TPSA) is 27.7 Å². The molecule has 0 N–H and O–H groups in total. The molecule has 0 spiro atoms. The monoisotopic (exact) mass is 541 g/mol. The average molecular weight is 541 g/mol. The first-order chi connectivity index (χ1) is 18.5. The van der Waals surface area contributed by atoms with E-state index in [1.165, 1.54) is 83.5 Å². The molecule has 0 fully saturated rings. The van der Waals surface area contributed by atoms with Gasteiger partial charge in [-0.15, -0.1) is 6.58 Å². The van der Waals surface area contributed by atoms with Gasteiger partial charge in [0.25, 0.3) is 0 Å². The molecule has 0 aliphatic heterocycles. The van der Waals surface area contributed by atoms with E-state index in [2.05, 4.69) is 55.0 Å². The summed E-state index contributed by atoms with van der Waals surface area (Å²) in [5.74, 6) is -0.626. The van der Waals surface area contributed by atoms with Gasteiger partial charge in [-0.25, -0.2) is 0 Å². The maximum absolute atomic E-state index is 6.94. The summed E-state index contributed by atoms with van der Waals surface area (Å²) in [5, 5.41) is 0. The molecule has 3 nitrogen and oxygen atoms in total. The van der Waals surface area contributed by atoms with Gasteiger partial charge in [-0.05, 0) is 38.5 Å². The van der Waals surface area contributed by atoms with Crippen molar-refractivity contribution in [3.63, 3.8) is 0 Å². The molecule has 1 unspecified atom stereocenters. The molecule has 0 radical (unpaired) electrons. The molecule has 0 aromatic heterocycles. The van der Waals surface area contributed by atoms with E-state index in [-0.39, 0.29) is 5.60 Å². The number of allylic oxidation sites excluding steroid dienone is 1. The van der Waals surface area contributed by atoms with Crippen molar-refractivity contribution in [2.24, 2.45) is 0 Å². The second kappa shape index (κ2) is 29.6. The van der Waals surface area contributed by atoms with Crippen LogP contribution in [0.5, 0.6) is 0 Å². The van der Waals surface area contributed by atoms with Crippen LogP contribution >= 0.6 is 0 Å². The molecule has 0 saturated carbocycles. The summed E-state index contributed by atoms with van der Waals surface area (Å²) in [5.41, 5.74) is -0.341. The molecule has 0 heterocycles. The quantitative estimate of drug-likeness (QED) is 0.0561. The largest absolute Gasteiger partial charge is 0.369 e. The van der Waals surface area contributed by atoms with Gasteiger partial charge in [0.2, 0.25) is 0 Å². The third kappa shape index (κ3) is 18.8. The highest BCUT2D eigenvalue weighted by Crippen LogP contribution is 2.43. The molecule has 38 heavy (non-hydrogen) atoms. The first kappa shape index (κ1) is 39.8. The molecule has 1 atom stereocenters. The summed E-state index contributed by atoms with van der Waals surface area (Å²) in [6, 6.07) is 0. The van der Waals surface area contributed by atoms with Crippen molar-refractivity contribution in [3.05, 3.63) is 12.7 Å². The maximum atomic E-state index is 6.94. The lowest BCUT2D eigenvalue weighted by Crippen LogP contribution is -2.59. The van der Waals surface area contributed by atoms with Crippen LogP contribution in [0.4, 0.5) is 0 Å². The van der Waals surface area contributed by atoms with Crippen molar-refractivity contribution in [2.75, 3.05) is 19.8 Å². The van der Waals surface area contributed by atoms with Crippen LogP contribution in [0.15, 0.2) is 12.7 Å². The predicted octanol–water partition coefficient (Wildman–Crippen LogP) is 12.0. The summed E-state index contributed by atoms with van der Waals surface area (Å²) in [6.45, 7) is 21.3. The van der Waals surface area contributed by atoms with E-state index in [1.807, 2.05) is 6.08 Å². The lowest BCUT2D eigenvalue weighted by Gasteiger charge is -2.49. The fraction of sp³-hybridized carbons (Fsp3) is 0.943. The maximum Gasteiger partial charge on any atom is 0.197 e. The minimum atomic E-state index is -0.626. The Morgan fingerprint density at radius 3 is 1.32 bits per heavy atom. The van der Waals surface area contributed by atoms with Gasteiger partial charge in [-0.3, -0.25) is 0 Å². The number of hydrogen-bond acceptors (Lipinski definition) is 3. The zero-order valence-corrected chi connectivity index (χ0v) is 27.5. The molecule has 0 aliphatic rings. The summed E-state index contributed by atoms with van der Waals surface area (Å²) >= 11 is 0. The normalized spacial score (nSPS) is 13.1. The highest BCUT2D eigenvalue weighted by atomic mass is 16.7. The van der Waals surface area contributed by atoms with E-state index in [9.17, 15) is 0 Å². The number of rotatable bonds is 28. The zero-order valence-electron chi connectivity index (χ0n) is 27.5.